The lowest BCUT2D eigenvalue weighted by Gasteiger charge is -2.17. The summed E-state index contributed by atoms with van der Waals surface area (Å²) in [6.45, 7) is 5.17. The molecule has 1 aromatic carbocycles. The normalized spacial score (nSPS) is 14.9. The molecule has 0 unspecified atom stereocenters. The van der Waals surface area contributed by atoms with Crippen LogP contribution in [0.4, 0.5) is 0 Å². The number of nitrogens with one attached hydrogen (secondary N) is 1. The van der Waals surface area contributed by atoms with Gasteiger partial charge in [0.15, 0.2) is 5.43 Å². The van der Waals surface area contributed by atoms with Gasteiger partial charge in [0.2, 0.25) is 0 Å². The summed E-state index contributed by atoms with van der Waals surface area (Å²) in [5.74, 6) is 0. The Morgan fingerprint density at radius 2 is 2.12 bits per heavy atom. The first-order valence-corrected chi connectivity index (χ1v) is 5.89. The predicted molar refractivity (Wildman–Crippen MR) is 67.4 cm³/mol. The first-order chi connectivity index (χ1) is 8.16. The van der Waals surface area contributed by atoms with E-state index in [0.29, 0.717) is 13.2 Å². The van der Waals surface area contributed by atoms with E-state index in [4.69, 9.17) is 4.74 Å². The smallest absolute Gasteiger partial charge is 0.195 e. The van der Waals surface area contributed by atoms with Crippen molar-refractivity contribution in [3.8, 4) is 0 Å². The van der Waals surface area contributed by atoms with Crippen LogP contribution in [0.2, 0.25) is 0 Å². The van der Waals surface area contributed by atoms with Gasteiger partial charge in [0.1, 0.15) is 0 Å². The standard InChI is InChI=1S/C14H15NO2/c1-8-5-9(2)13-12(6-8)15-11-3-4-17-7-10(11)14(13)16/h5-6H,3-4,7H2,1-2H3,(H,15,16). The number of benzene rings is 1. The number of aromatic amines is 1. The molecule has 2 aromatic rings. The first kappa shape index (κ1) is 10.5. The van der Waals surface area contributed by atoms with E-state index >= 15 is 0 Å². The third kappa shape index (κ3) is 1.58. The number of rotatable bonds is 0. The van der Waals surface area contributed by atoms with Crippen molar-refractivity contribution in [2.45, 2.75) is 26.9 Å². The molecule has 1 aromatic heterocycles. The van der Waals surface area contributed by atoms with Crippen molar-refractivity contribution in [3.05, 3.63) is 44.7 Å². The minimum Gasteiger partial charge on any atom is -0.376 e. The van der Waals surface area contributed by atoms with Crippen molar-refractivity contribution >= 4 is 10.9 Å². The molecule has 0 saturated carbocycles. The molecular weight excluding hydrogens is 214 g/mol. The highest BCUT2D eigenvalue weighted by atomic mass is 16.5. The van der Waals surface area contributed by atoms with Crippen molar-refractivity contribution in [3.63, 3.8) is 0 Å². The number of ether oxygens (including phenoxy) is 1. The molecule has 0 amide bonds. The molecule has 0 bridgehead atoms. The Morgan fingerprint density at radius 3 is 2.94 bits per heavy atom. The van der Waals surface area contributed by atoms with Gasteiger partial charge >= 0.3 is 0 Å². The zero-order valence-corrected chi connectivity index (χ0v) is 10.1. The van der Waals surface area contributed by atoms with E-state index in [-0.39, 0.29) is 5.43 Å². The van der Waals surface area contributed by atoms with Gasteiger partial charge in [-0.1, -0.05) is 6.07 Å². The van der Waals surface area contributed by atoms with Crippen LogP contribution in [0.15, 0.2) is 16.9 Å². The Balaban J connectivity index is 2.44. The highest BCUT2D eigenvalue weighted by Gasteiger charge is 2.16. The minimum absolute atomic E-state index is 0.131. The summed E-state index contributed by atoms with van der Waals surface area (Å²) in [6, 6.07) is 4.09. The van der Waals surface area contributed by atoms with E-state index in [1.54, 1.807) is 0 Å². The molecular formula is C14H15NO2. The summed E-state index contributed by atoms with van der Waals surface area (Å²) < 4.78 is 5.37. The van der Waals surface area contributed by atoms with E-state index < -0.39 is 0 Å². The zero-order valence-electron chi connectivity index (χ0n) is 10.1. The van der Waals surface area contributed by atoms with E-state index in [0.717, 1.165) is 34.1 Å². The lowest BCUT2D eigenvalue weighted by molar-refractivity contribution is 0.109. The lowest BCUT2D eigenvalue weighted by Crippen LogP contribution is -2.22. The van der Waals surface area contributed by atoms with Gasteiger partial charge in [-0.2, -0.15) is 0 Å². The molecule has 0 radical (unpaired) electrons. The van der Waals surface area contributed by atoms with Gasteiger partial charge in [-0.05, 0) is 31.0 Å². The van der Waals surface area contributed by atoms with Gasteiger partial charge in [-0.15, -0.1) is 0 Å². The lowest BCUT2D eigenvalue weighted by atomic mass is 10.0. The molecule has 2 heterocycles. The number of aromatic nitrogens is 1. The molecule has 3 nitrogen and oxygen atoms in total. The number of hydrogen-bond acceptors (Lipinski definition) is 2. The van der Waals surface area contributed by atoms with E-state index in [9.17, 15) is 4.79 Å². The van der Waals surface area contributed by atoms with Crippen LogP contribution < -0.4 is 5.43 Å². The van der Waals surface area contributed by atoms with Crippen LogP contribution in [0.25, 0.3) is 10.9 Å². The van der Waals surface area contributed by atoms with Crippen molar-refractivity contribution in [1.82, 2.24) is 4.98 Å². The highest BCUT2D eigenvalue weighted by molar-refractivity contribution is 5.83. The summed E-state index contributed by atoms with van der Waals surface area (Å²) in [4.78, 5) is 15.8. The molecule has 1 aliphatic rings. The maximum absolute atomic E-state index is 12.4. The fourth-order valence-electron chi connectivity index (χ4n) is 2.61. The second kappa shape index (κ2) is 3.70. The summed E-state index contributed by atoms with van der Waals surface area (Å²) in [6.07, 6.45) is 0.799. The van der Waals surface area contributed by atoms with E-state index in [2.05, 4.69) is 4.98 Å². The second-order valence-corrected chi connectivity index (χ2v) is 4.72. The molecule has 3 rings (SSSR count). The zero-order chi connectivity index (χ0) is 12.0. The summed E-state index contributed by atoms with van der Waals surface area (Å²) in [7, 11) is 0. The van der Waals surface area contributed by atoms with Gasteiger partial charge in [-0.3, -0.25) is 4.79 Å². The largest absolute Gasteiger partial charge is 0.376 e. The predicted octanol–water partition coefficient (Wildman–Crippen LogP) is 2.22. The van der Waals surface area contributed by atoms with Gasteiger partial charge in [0, 0.05) is 23.1 Å². The fraction of sp³-hybridized carbons (Fsp3) is 0.357. The van der Waals surface area contributed by atoms with Gasteiger partial charge in [-0.25, -0.2) is 0 Å². The third-order valence-electron chi connectivity index (χ3n) is 3.37. The van der Waals surface area contributed by atoms with E-state index in [1.165, 1.54) is 5.56 Å². The Kier molecular flexibility index (Phi) is 2.30. The van der Waals surface area contributed by atoms with Crippen LogP contribution in [-0.4, -0.2) is 11.6 Å². The molecule has 3 heteroatoms. The fourth-order valence-corrected chi connectivity index (χ4v) is 2.61. The average Bonchev–Trinajstić information content (AvgIpc) is 2.28. The van der Waals surface area contributed by atoms with Crippen LogP contribution in [0.3, 0.4) is 0 Å². The van der Waals surface area contributed by atoms with Crippen LogP contribution in [0.1, 0.15) is 22.4 Å². The first-order valence-electron chi connectivity index (χ1n) is 5.89. The van der Waals surface area contributed by atoms with Crippen LogP contribution >= 0.6 is 0 Å². The number of hydrogen-bond donors (Lipinski definition) is 1. The van der Waals surface area contributed by atoms with Crippen molar-refractivity contribution in [2.24, 2.45) is 0 Å². The van der Waals surface area contributed by atoms with Gasteiger partial charge in [0.25, 0.3) is 0 Å². The van der Waals surface area contributed by atoms with Crippen LogP contribution in [-0.2, 0) is 17.8 Å². The molecule has 0 aliphatic carbocycles. The molecule has 0 fully saturated rings. The molecule has 17 heavy (non-hydrogen) atoms. The minimum atomic E-state index is 0.131. The van der Waals surface area contributed by atoms with Gasteiger partial charge in [0.05, 0.1) is 18.7 Å². The number of H-pyrrole nitrogens is 1. The maximum Gasteiger partial charge on any atom is 0.195 e. The molecule has 0 saturated heterocycles. The van der Waals surface area contributed by atoms with Crippen molar-refractivity contribution in [1.29, 1.82) is 0 Å². The average molecular weight is 229 g/mol. The van der Waals surface area contributed by atoms with Gasteiger partial charge < -0.3 is 9.72 Å². The topological polar surface area (TPSA) is 42.1 Å². The third-order valence-corrected chi connectivity index (χ3v) is 3.37. The van der Waals surface area contributed by atoms with Crippen LogP contribution in [0.5, 0.6) is 0 Å². The van der Waals surface area contributed by atoms with E-state index in [1.807, 2.05) is 26.0 Å². The molecule has 1 aliphatic heterocycles. The molecule has 0 atom stereocenters. The monoisotopic (exact) mass is 229 g/mol. The second-order valence-electron chi connectivity index (χ2n) is 4.72. The number of fused-ring (bicyclic) bond motifs is 2. The SMILES string of the molecule is Cc1cc(C)c2c(=O)c3c([nH]c2c1)CCOC3. The van der Waals surface area contributed by atoms with Crippen LogP contribution in [0, 0.1) is 13.8 Å². The summed E-state index contributed by atoms with van der Waals surface area (Å²) >= 11 is 0. The molecule has 1 N–H and O–H groups in total. The highest BCUT2D eigenvalue weighted by Crippen LogP contribution is 2.20. The quantitative estimate of drug-likeness (QED) is 0.752. The maximum atomic E-state index is 12.4. The summed E-state index contributed by atoms with van der Waals surface area (Å²) in [5.41, 5.74) is 5.14. The Labute approximate surface area is 99.4 Å². The number of pyridine rings is 1. The Hall–Kier alpha value is -1.61. The number of aryl methyl sites for hydroxylation is 2. The Bertz CT molecular complexity index is 655. The van der Waals surface area contributed by atoms with Crippen molar-refractivity contribution in [2.75, 3.05) is 6.61 Å². The molecule has 88 valence electrons. The summed E-state index contributed by atoms with van der Waals surface area (Å²) in [5, 5.41) is 0.805. The van der Waals surface area contributed by atoms with Crippen molar-refractivity contribution < 1.29 is 4.74 Å². The Morgan fingerprint density at radius 1 is 1.29 bits per heavy atom. The molecule has 0 spiro atoms.